The fraction of sp³-hybridized carbons (Fsp3) is 0.545. The lowest BCUT2D eigenvalue weighted by Gasteiger charge is -2.42. The van der Waals surface area contributed by atoms with Crippen LogP contribution in [-0.4, -0.2) is 15.4 Å². The van der Waals surface area contributed by atoms with Gasteiger partial charge in [0.2, 0.25) is 0 Å². The summed E-state index contributed by atoms with van der Waals surface area (Å²) < 4.78 is 11.8. The maximum atomic E-state index is 6.55. The van der Waals surface area contributed by atoms with Gasteiger partial charge in [-0.2, -0.15) is 0 Å². The number of benzene rings is 1. The first-order valence-corrected chi connectivity index (χ1v) is 11.5. The van der Waals surface area contributed by atoms with Crippen molar-refractivity contribution < 1.29 is 9.16 Å². The van der Waals surface area contributed by atoms with Crippen molar-refractivity contribution in [2.45, 2.75) is 71.0 Å². The minimum absolute atomic E-state index is 0.564. The van der Waals surface area contributed by atoms with Crippen LogP contribution < -0.4 is 4.74 Å². The van der Waals surface area contributed by atoms with Gasteiger partial charge in [-0.15, -0.1) is 0 Å². The van der Waals surface area contributed by atoms with Crippen LogP contribution >= 0.6 is 0 Å². The predicted octanol–water partition coefficient (Wildman–Crippen LogP) is 6.89. The highest BCUT2D eigenvalue weighted by Crippen LogP contribution is 2.43. The molecule has 3 heteroatoms. The molecule has 0 bridgehead atoms. The summed E-state index contributed by atoms with van der Waals surface area (Å²) in [6.07, 6.45) is 6.17. The number of allylic oxidation sites excluding steroid dienone is 2. The van der Waals surface area contributed by atoms with E-state index in [1.807, 2.05) is 12.1 Å². The van der Waals surface area contributed by atoms with Gasteiger partial charge in [-0.3, -0.25) is 0 Å². The van der Waals surface area contributed by atoms with Gasteiger partial charge in [-0.25, -0.2) is 0 Å². The first kappa shape index (κ1) is 21.6. The second-order valence-electron chi connectivity index (χ2n) is 7.68. The van der Waals surface area contributed by atoms with Gasteiger partial charge in [-0.05, 0) is 53.2 Å². The summed E-state index contributed by atoms with van der Waals surface area (Å²) in [6.45, 7) is 18.0. The van der Waals surface area contributed by atoms with Crippen molar-refractivity contribution in [2.75, 3.05) is 7.11 Å². The molecule has 0 spiro atoms. The molecule has 0 fully saturated rings. The monoisotopic (exact) mass is 360 g/mol. The summed E-state index contributed by atoms with van der Waals surface area (Å²) in [5.74, 6) is 1.73. The molecule has 1 rings (SSSR count). The standard InChI is InChI=1S/C22H36O2Si/c1-17(2)25(18(3)4,19(5)6)24-20(7)12-9-10-13-21-14-11-15-22(16-21)23-8/h9,11-12,14-19H,7,10,13H2,1-6,8H3/b12-9+. The normalized spacial score (nSPS) is 12.4. The Morgan fingerprint density at radius 2 is 1.68 bits per heavy atom. The quantitative estimate of drug-likeness (QED) is 0.257. The summed E-state index contributed by atoms with van der Waals surface area (Å²) in [7, 11) is -0.191. The summed E-state index contributed by atoms with van der Waals surface area (Å²) in [6, 6.07) is 8.24. The smallest absolute Gasteiger partial charge is 0.258 e. The molecule has 2 nitrogen and oxygen atoms in total. The van der Waals surface area contributed by atoms with Crippen LogP contribution in [0.5, 0.6) is 5.75 Å². The Bertz CT molecular complexity index is 551. The topological polar surface area (TPSA) is 18.5 Å². The lowest BCUT2D eigenvalue weighted by atomic mass is 10.1. The Labute approximate surface area is 156 Å². The fourth-order valence-electron chi connectivity index (χ4n) is 3.91. The largest absolute Gasteiger partial charge is 0.543 e. The van der Waals surface area contributed by atoms with Gasteiger partial charge in [0.1, 0.15) is 5.75 Å². The van der Waals surface area contributed by atoms with E-state index in [9.17, 15) is 0 Å². The predicted molar refractivity (Wildman–Crippen MR) is 112 cm³/mol. The van der Waals surface area contributed by atoms with Crippen LogP contribution in [0.3, 0.4) is 0 Å². The van der Waals surface area contributed by atoms with Crippen LogP contribution in [0.2, 0.25) is 16.6 Å². The summed E-state index contributed by atoms with van der Waals surface area (Å²) in [5.41, 5.74) is 2.98. The van der Waals surface area contributed by atoms with E-state index >= 15 is 0 Å². The molecule has 0 radical (unpaired) electrons. The lowest BCUT2D eigenvalue weighted by Crippen LogP contribution is -2.47. The minimum Gasteiger partial charge on any atom is -0.543 e. The van der Waals surface area contributed by atoms with E-state index in [1.165, 1.54) is 5.56 Å². The Balaban J connectivity index is 2.66. The third kappa shape index (κ3) is 5.77. The van der Waals surface area contributed by atoms with Crippen LogP contribution in [0.1, 0.15) is 53.5 Å². The molecule has 25 heavy (non-hydrogen) atoms. The van der Waals surface area contributed by atoms with E-state index in [0.717, 1.165) is 24.4 Å². The van der Waals surface area contributed by atoms with Crippen LogP contribution in [0.25, 0.3) is 0 Å². The van der Waals surface area contributed by atoms with Gasteiger partial charge in [0, 0.05) is 0 Å². The van der Waals surface area contributed by atoms with Gasteiger partial charge in [-0.1, -0.05) is 66.3 Å². The zero-order valence-electron chi connectivity index (χ0n) is 17.1. The van der Waals surface area contributed by atoms with Gasteiger partial charge < -0.3 is 9.16 Å². The number of hydrogen-bond donors (Lipinski definition) is 0. The molecule has 1 aromatic carbocycles. The van der Waals surface area contributed by atoms with E-state index in [4.69, 9.17) is 9.16 Å². The van der Waals surface area contributed by atoms with Crippen LogP contribution in [-0.2, 0) is 10.8 Å². The number of hydrogen-bond acceptors (Lipinski definition) is 2. The Kier molecular flexibility index (Phi) is 8.50. The van der Waals surface area contributed by atoms with Crippen LogP contribution in [0.15, 0.2) is 48.8 Å². The maximum Gasteiger partial charge on any atom is 0.258 e. The molecular formula is C22H36O2Si. The molecule has 0 aromatic heterocycles. The summed E-state index contributed by atoms with van der Waals surface area (Å²) >= 11 is 0. The number of ether oxygens (including phenoxy) is 1. The maximum absolute atomic E-state index is 6.55. The summed E-state index contributed by atoms with van der Waals surface area (Å²) in [4.78, 5) is 0. The van der Waals surface area contributed by atoms with E-state index < -0.39 is 8.32 Å². The highest BCUT2D eigenvalue weighted by molar-refractivity contribution is 6.77. The molecule has 0 N–H and O–H groups in total. The average Bonchev–Trinajstić information content (AvgIpc) is 2.55. The number of aryl methyl sites for hydroxylation is 1. The number of methoxy groups -OCH3 is 1. The Hall–Kier alpha value is -1.48. The molecule has 0 heterocycles. The van der Waals surface area contributed by atoms with E-state index in [1.54, 1.807) is 7.11 Å². The minimum atomic E-state index is -1.89. The van der Waals surface area contributed by atoms with Gasteiger partial charge >= 0.3 is 0 Å². The van der Waals surface area contributed by atoms with Crippen molar-refractivity contribution in [2.24, 2.45) is 0 Å². The van der Waals surface area contributed by atoms with Gasteiger partial charge in [0.05, 0.1) is 12.9 Å². The molecule has 0 amide bonds. The van der Waals surface area contributed by atoms with Gasteiger partial charge in [0.15, 0.2) is 0 Å². The first-order chi connectivity index (χ1) is 11.7. The molecule has 140 valence electrons. The van der Waals surface area contributed by atoms with E-state index in [0.29, 0.717) is 16.6 Å². The molecule has 0 aliphatic carbocycles. The van der Waals surface area contributed by atoms with E-state index in [-0.39, 0.29) is 0 Å². The molecule has 0 atom stereocenters. The molecule has 0 saturated carbocycles. The van der Waals surface area contributed by atoms with Crippen LogP contribution in [0.4, 0.5) is 0 Å². The Morgan fingerprint density at radius 3 is 2.20 bits per heavy atom. The average molecular weight is 361 g/mol. The summed E-state index contributed by atoms with van der Waals surface area (Å²) in [5, 5.41) is 0. The van der Waals surface area contributed by atoms with Crippen LogP contribution in [0, 0.1) is 0 Å². The van der Waals surface area contributed by atoms with Crippen molar-refractivity contribution in [1.82, 2.24) is 0 Å². The van der Waals surface area contributed by atoms with Crippen molar-refractivity contribution >= 4 is 8.32 Å². The highest BCUT2D eigenvalue weighted by atomic mass is 28.4. The van der Waals surface area contributed by atoms with Crippen molar-refractivity contribution in [3.8, 4) is 5.75 Å². The van der Waals surface area contributed by atoms with E-state index in [2.05, 4.69) is 72.4 Å². The molecule has 0 unspecified atom stereocenters. The fourth-order valence-corrected chi connectivity index (χ4v) is 9.14. The SMILES string of the molecule is C=C(/C=C/CCc1cccc(OC)c1)O[Si](C(C)C)(C(C)C)C(C)C. The van der Waals surface area contributed by atoms with Crippen molar-refractivity contribution in [1.29, 1.82) is 0 Å². The van der Waals surface area contributed by atoms with Crippen molar-refractivity contribution in [3.05, 3.63) is 54.3 Å². The highest BCUT2D eigenvalue weighted by Gasteiger charge is 2.46. The second-order valence-corrected chi connectivity index (χ2v) is 13.1. The zero-order valence-corrected chi connectivity index (χ0v) is 18.1. The van der Waals surface area contributed by atoms with Gasteiger partial charge in [0.25, 0.3) is 8.32 Å². The zero-order chi connectivity index (χ0) is 19.0. The molecule has 0 aliphatic heterocycles. The molecule has 0 saturated heterocycles. The molecular weight excluding hydrogens is 324 g/mol. The third-order valence-corrected chi connectivity index (χ3v) is 11.1. The third-order valence-electron chi connectivity index (χ3n) is 5.05. The second kappa shape index (κ2) is 9.86. The molecule has 1 aromatic rings. The molecule has 0 aliphatic rings. The first-order valence-electron chi connectivity index (χ1n) is 9.41. The number of rotatable bonds is 10. The van der Waals surface area contributed by atoms with Crippen molar-refractivity contribution in [3.63, 3.8) is 0 Å². The Morgan fingerprint density at radius 1 is 1.08 bits per heavy atom. The lowest BCUT2D eigenvalue weighted by molar-refractivity contribution is 0.388.